The van der Waals surface area contributed by atoms with E-state index in [1.54, 1.807) is 19.0 Å². The molecule has 6 heteroatoms. The molecule has 2 aliphatic rings. The fourth-order valence-corrected chi connectivity index (χ4v) is 3.91. The maximum Gasteiger partial charge on any atom is 0.243 e. The number of hydrogen-bond acceptors (Lipinski definition) is 3. The van der Waals surface area contributed by atoms with Crippen LogP contribution in [0.4, 0.5) is 0 Å². The first-order chi connectivity index (χ1) is 12.4. The van der Waals surface area contributed by atoms with Crippen LogP contribution in [0, 0.1) is 11.3 Å². The van der Waals surface area contributed by atoms with E-state index in [1.165, 1.54) is 32.1 Å². The van der Waals surface area contributed by atoms with Gasteiger partial charge in [-0.3, -0.25) is 4.79 Å². The lowest BCUT2D eigenvalue weighted by atomic mass is 9.64. The Morgan fingerprint density at radius 3 is 2.54 bits per heavy atom. The second kappa shape index (κ2) is 10.1. The molecule has 2 rings (SSSR count). The van der Waals surface area contributed by atoms with Gasteiger partial charge in [-0.1, -0.05) is 20.3 Å². The molecule has 1 aliphatic carbocycles. The average Bonchev–Trinajstić information content (AvgIpc) is 2.58. The van der Waals surface area contributed by atoms with Crippen LogP contribution in [0.3, 0.4) is 0 Å². The van der Waals surface area contributed by atoms with Gasteiger partial charge in [0.05, 0.1) is 6.10 Å². The highest BCUT2D eigenvalue weighted by Gasteiger charge is 2.37. The van der Waals surface area contributed by atoms with Gasteiger partial charge < -0.3 is 20.3 Å². The molecule has 0 aromatic heterocycles. The smallest absolute Gasteiger partial charge is 0.243 e. The SMILES string of the molecule is CC(C)CC1(CNC(=NCC(=O)N(C)C)NCC2CCCCO2)CCC1. The number of likely N-dealkylation sites (N-methyl/N-ethyl adjacent to an activating group) is 1. The van der Waals surface area contributed by atoms with Crippen LogP contribution in [0.25, 0.3) is 0 Å². The van der Waals surface area contributed by atoms with E-state index in [-0.39, 0.29) is 18.6 Å². The number of carbonyl (C=O) groups is 1. The van der Waals surface area contributed by atoms with Gasteiger partial charge in [-0.2, -0.15) is 0 Å². The van der Waals surface area contributed by atoms with Crippen LogP contribution in [0.15, 0.2) is 4.99 Å². The van der Waals surface area contributed by atoms with Gasteiger partial charge in [0.15, 0.2) is 5.96 Å². The summed E-state index contributed by atoms with van der Waals surface area (Å²) < 4.78 is 5.80. The maximum absolute atomic E-state index is 11.9. The van der Waals surface area contributed by atoms with E-state index in [2.05, 4.69) is 29.5 Å². The van der Waals surface area contributed by atoms with Gasteiger partial charge in [0.1, 0.15) is 6.54 Å². The lowest BCUT2D eigenvalue weighted by Gasteiger charge is -2.43. The van der Waals surface area contributed by atoms with Crippen LogP contribution >= 0.6 is 0 Å². The molecule has 1 saturated carbocycles. The summed E-state index contributed by atoms with van der Waals surface area (Å²) in [5.41, 5.74) is 0.392. The fourth-order valence-electron chi connectivity index (χ4n) is 3.91. The monoisotopic (exact) mass is 366 g/mol. The number of guanidine groups is 1. The predicted molar refractivity (Wildman–Crippen MR) is 106 cm³/mol. The Morgan fingerprint density at radius 1 is 1.23 bits per heavy atom. The van der Waals surface area contributed by atoms with Gasteiger partial charge in [0.25, 0.3) is 0 Å². The van der Waals surface area contributed by atoms with Crippen molar-refractivity contribution in [1.29, 1.82) is 0 Å². The lowest BCUT2D eigenvalue weighted by Crippen LogP contribution is -2.49. The molecule has 1 heterocycles. The summed E-state index contributed by atoms with van der Waals surface area (Å²) in [6, 6.07) is 0. The van der Waals surface area contributed by atoms with Crippen molar-refractivity contribution in [1.82, 2.24) is 15.5 Å². The molecule has 1 unspecified atom stereocenters. The molecule has 1 aliphatic heterocycles. The topological polar surface area (TPSA) is 66.0 Å². The number of amides is 1. The predicted octanol–water partition coefficient (Wildman–Crippen LogP) is 2.40. The normalized spacial score (nSPS) is 22.7. The maximum atomic E-state index is 11.9. The van der Waals surface area contributed by atoms with Crippen molar-refractivity contribution in [2.24, 2.45) is 16.3 Å². The number of aliphatic imine (C=N–C) groups is 1. The third-order valence-electron chi connectivity index (χ3n) is 5.53. The summed E-state index contributed by atoms with van der Waals surface area (Å²) in [4.78, 5) is 18.0. The molecule has 2 fully saturated rings. The standard InChI is InChI=1S/C20H38N4O2/c1-16(2)12-20(9-7-10-20)15-23-19(22-14-18(25)24(3)4)21-13-17-8-5-6-11-26-17/h16-17H,5-15H2,1-4H3,(H2,21,22,23). The summed E-state index contributed by atoms with van der Waals surface area (Å²) in [6.07, 6.45) is 8.86. The minimum Gasteiger partial charge on any atom is -0.376 e. The van der Waals surface area contributed by atoms with Crippen LogP contribution in [0.2, 0.25) is 0 Å². The molecule has 1 amide bonds. The summed E-state index contributed by atoms with van der Waals surface area (Å²) >= 11 is 0. The van der Waals surface area contributed by atoms with Crippen LogP contribution in [-0.2, 0) is 9.53 Å². The summed E-state index contributed by atoms with van der Waals surface area (Å²) in [5, 5.41) is 6.92. The van der Waals surface area contributed by atoms with Gasteiger partial charge in [-0.25, -0.2) is 4.99 Å². The van der Waals surface area contributed by atoms with E-state index < -0.39 is 0 Å². The highest BCUT2D eigenvalue weighted by atomic mass is 16.5. The van der Waals surface area contributed by atoms with Crippen molar-refractivity contribution in [3.8, 4) is 0 Å². The van der Waals surface area contributed by atoms with E-state index in [4.69, 9.17) is 4.74 Å². The van der Waals surface area contributed by atoms with Gasteiger partial charge in [0, 0.05) is 33.8 Å². The first-order valence-corrected chi connectivity index (χ1v) is 10.2. The molecule has 0 spiro atoms. The number of carbonyl (C=O) groups excluding carboxylic acids is 1. The van der Waals surface area contributed by atoms with Crippen molar-refractivity contribution in [3.63, 3.8) is 0 Å². The van der Waals surface area contributed by atoms with Crippen LogP contribution in [0.5, 0.6) is 0 Å². The zero-order valence-electron chi connectivity index (χ0n) is 17.1. The average molecular weight is 367 g/mol. The molecule has 0 aromatic carbocycles. The molecule has 1 saturated heterocycles. The summed E-state index contributed by atoms with van der Waals surface area (Å²) in [7, 11) is 3.53. The largest absolute Gasteiger partial charge is 0.376 e. The minimum absolute atomic E-state index is 0.0144. The third kappa shape index (κ3) is 6.78. The Kier molecular flexibility index (Phi) is 8.19. The summed E-state index contributed by atoms with van der Waals surface area (Å²) in [5.74, 6) is 1.46. The Bertz CT molecular complexity index is 466. The second-order valence-corrected chi connectivity index (χ2v) is 8.63. The van der Waals surface area contributed by atoms with Gasteiger partial charge in [-0.15, -0.1) is 0 Å². The fraction of sp³-hybridized carbons (Fsp3) is 0.900. The number of nitrogens with one attached hydrogen (secondary N) is 2. The van der Waals surface area contributed by atoms with Crippen molar-refractivity contribution < 1.29 is 9.53 Å². The summed E-state index contributed by atoms with van der Waals surface area (Å²) in [6.45, 7) is 7.29. The van der Waals surface area contributed by atoms with Crippen LogP contribution in [-0.4, -0.2) is 63.2 Å². The molecule has 1 atom stereocenters. The number of nitrogens with zero attached hydrogens (tertiary/aromatic N) is 2. The van der Waals surface area contributed by atoms with Crippen LogP contribution in [0.1, 0.15) is 58.8 Å². The Balaban J connectivity index is 1.90. The van der Waals surface area contributed by atoms with E-state index in [0.29, 0.717) is 11.3 Å². The number of hydrogen-bond donors (Lipinski definition) is 2. The molecule has 2 N–H and O–H groups in total. The highest BCUT2D eigenvalue weighted by molar-refractivity contribution is 5.84. The molecule has 150 valence electrons. The quantitative estimate of drug-likeness (QED) is 0.511. The van der Waals surface area contributed by atoms with E-state index in [1.807, 2.05) is 0 Å². The molecule has 26 heavy (non-hydrogen) atoms. The van der Waals surface area contributed by atoms with Crippen molar-refractivity contribution in [2.45, 2.75) is 64.9 Å². The van der Waals surface area contributed by atoms with Crippen molar-refractivity contribution in [2.75, 3.05) is 40.3 Å². The molecule has 6 nitrogen and oxygen atoms in total. The molecule has 0 bridgehead atoms. The van der Waals surface area contributed by atoms with Gasteiger partial charge in [-0.05, 0) is 49.9 Å². The lowest BCUT2D eigenvalue weighted by molar-refractivity contribution is -0.127. The van der Waals surface area contributed by atoms with E-state index in [9.17, 15) is 4.79 Å². The van der Waals surface area contributed by atoms with Crippen LogP contribution < -0.4 is 10.6 Å². The molecular weight excluding hydrogens is 328 g/mol. The Labute approximate surface area is 159 Å². The zero-order valence-corrected chi connectivity index (χ0v) is 17.1. The first kappa shape index (κ1) is 21.0. The minimum atomic E-state index is 0.0144. The zero-order chi connectivity index (χ0) is 19.0. The number of ether oxygens (including phenoxy) is 1. The van der Waals surface area contributed by atoms with Gasteiger partial charge >= 0.3 is 0 Å². The third-order valence-corrected chi connectivity index (χ3v) is 5.53. The Morgan fingerprint density at radius 2 is 2.00 bits per heavy atom. The number of rotatable bonds is 8. The van der Waals surface area contributed by atoms with E-state index >= 15 is 0 Å². The molecular formula is C20H38N4O2. The Hall–Kier alpha value is -1.30. The first-order valence-electron chi connectivity index (χ1n) is 10.2. The van der Waals surface area contributed by atoms with Gasteiger partial charge in [0.2, 0.25) is 5.91 Å². The second-order valence-electron chi connectivity index (χ2n) is 8.63. The highest BCUT2D eigenvalue weighted by Crippen LogP contribution is 2.45. The van der Waals surface area contributed by atoms with Crippen molar-refractivity contribution >= 4 is 11.9 Å². The van der Waals surface area contributed by atoms with Crippen molar-refractivity contribution in [3.05, 3.63) is 0 Å². The van der Waals surface area contributed by atoms with E-state index in [0.717, 1.165) is 38.5 Å². The molecule has 0 aromatic rings. The molecule has 0 radical (unpaired) electrons.